The summed E-state index contributed by atoms with van der Waals surface area (Å²) < 4.78 is 0.945. The summed E-state index contributed by atoms with van der Waals surface area (Å²) in [5.41, 5.74) is 1.10. The molecule has 0 aliphatic rings. The Kier molecular flexibility index (Phi) is 6.11. The van der Waals surface area contributed by atoms with Crippen LogP contribution in [-0.4, -0.2) is 6.54 Å². The summed E-state index contributed by atoms with van der Waals surface area (Å²) >= 11 is 9.36. The molecule has 0 aromatic heterocycles. The van der Waals surface area contributed by atoms with E-state index in [4.69, 9.17) is 11.6 Å². The molecule has 0 aliphatic carbocycles. The minimum Gasteiger partial charge on any atom is -0.385 e. The molecule has 0 fully saturated rings. The molecule has 1 N–H and O–H groups in total. The molecule has 0 amide bonds. The van der Waals surface area contributed by atoms with E-state index in [0.29, 0.717) is 0 Å². The van der Waals surface area contributed by atoms with Gasteiger partial charge in [-0.3, -0.25) is 0 Å². The highest BCUT2D eigenvalue weighted by molar-refractivity contribution is 9.10. The third kappa shape index (κ3) is 4.89. The normalized spacial score (nSPS) is 10.3. The summed E-state index contributed by atoms with van der Waals surface area (Å²) in [4.78, 5) is 0. The largest absolute Gasteiger partial charge is 0.385 e. The summed E-state index contributed by atoms with van der Waals surface area (Å²) in [6.45, 7) is 3.25. The van der Waals surface area contributed by atoms with Gasteiger partial charge in [-0.2, -0.15) is 0 Å². The number of benzene rings is 1. The van der Waals surface area contributed by atoms with Crippen molar-refractivity contribution in [3.63, 3.8) is 0 Å². The van der Waals surface area contributed by atoms with Crippen LogP contribution in [0.4, 0.5) is 5.69 Å². The number of anilines is 1. The van der Waals surface area contributed by atoms with Crippen molar-refractivity contribution in [2.75, 3.05) is 11.9 Å². The third-order valence-electron chi connectivity index (χ3n) is 2.28. The van der Waals surface area contributed by atoms with Gasteiger partial charge in [0.15, 0.2) is 0 Å². The van der Waals surface area contributed by atoms with Crippen LogP contribution < -0.4 is 5.32 Å². The third-order valence-corrected chi connectivity index (χ3v) is 3.51. The summed E-state index contributed by atoms with van der Waals surface area (Å²) in [5.74, 6) is 0. The number of nitrogens with one attached hydrogen (secondary N) is 1. The van der Waals surface area contributed by atoms with Crippen LogP contribution in [0.2, 0.25) is 5.02 Å². The number of hydrogen-bond donors (Lipinski definition) is 1. The van der Waals surface area contributed by atoms with Crippen LogP contribution in [0.3, 0.4) is 0 Å². The summed E-state index contributed by atoms with van der Waals surface area (Å²) in [5, 5.41) is 4.12. The highest BCUT2D eigenvalue weighted by Crippen LogP contribution is 2.25. The molecule has 3 heteroatoms. The minimum absolute atomic E-state index is 0.758. The van der Waals surface area contributed by atoms with Crippen molar-refractivity contribution in [1.29, 1.82) is 0 Å². The van der Waals surface area contributed by atoms with E-state index >= 15 is 0 Å². The maximum atomic E-state index is 5.99. The van der Waals surface area contributed by atoms with Crippen molar-refractivity contribution in [2.24, 2.45) is 0 Å². The van der Waals surface area contributed by atoms with Crippen LogP contribution in [0.15, 0.2) is 22.7 Å². The highest BCUT2D eigenvalue weighted by atomic mass is 79.9. The fourth-order valence-corrected chi connectivity index (χ4v) is 1.82. The van der Waals surface area contributed by atoms with E-state index in [9.17, 15) is 0 Å². The van der Waals surface area contributed by atoms with Gasteiger partial charge in [0.25, 0.3) is 0 Å². The van der Waals surface area contributed by atoms with Crippen LogP contribution in [0.5, 0.6) is 0 Å². The highest BCUT2D eigenvalue weighted by Gasteiger charge is 1.97. The first-order valence-corrected chi connectivity index (χ1v) is 6.60. The lowest BCUT2D eigenvalue weighted by molar-refractivity contribution is 0.685. The molecule has 84 valence electrons. The van der Waals surface area contributed by atoms with E-state index in [1.165, 1.54) is 25.7 Å². The van der Waals surface area contributed by atoms with Crippen LogP contribution >= 0.6 is 27.5 Å². The van der Waals surface area contributed by atoms with Gasteiger partial charge in [0, 0.05) is 16.7 Å². The molecule has 0 aliphatic heterocycles. The summed E-state index contributed by atoms with van der Waals surface area (Å²) in [6, 6.07) is 5.96. The van der Waals surface area contributed by atoms with E-state index < -0.39 is 0 Å². The zero-order valence-electron chi connectivity index (χ0n) is 9.02. The zero-order chi connectivity index (χ0) is 11.1. The molecule has 1 rings (SSSR count). The van der Waals surface area contributed by atoms with Crippen molar-refractivity contribution in [2.45, 2.75) is 32.6 Å². The van der Waals surface area contributed by atoms with Crippen molar-refractivity contribution in [1.82, 2.24) is 0 Å². The zero-order valence-corrected chi connectivity index (χ0v) is 11.4. The minimum atomic E-state index is 0.758. The second-order valence-corrected chi connectivity index (χ2v) is 4.88. The molecule has 0 atom stereocenters. The lowest BCUT2D eigenvalue weighted by Gasteiger charge is -2.07. The lowest BCUT2D eigenvalue weighted by atomic mass is 10.2. The van der Waals surface area contributed by atoms with Crippen molar-refractivity contribution < 1.29 is 0 Å². The molecule has 0 spiro atoms. The second-order valence-electron chi connectivity index (χ2n) is 3.62. The average Bonchev–Trinajstić information content (AvgIpc) is 2.23. The Bertz CT molecular complexity index is 302. The smallest absolute Gasteiger partial charge is 0.0568 e. The molecule has 1 aromatic carbocycles. The molecule has 1 aromatic rings. The predicted molar refractivity (Wildman–Crippen MR) is 71.8 cm³/mol. The van der Waals surface area contributed by atoms with Crippen molar-refractivity contribution in [3.8, 4) is 0 Å². The van der Waals surface area contributed by atoms with Gasteiger partial charge in [-0.15, -0.1) is 0 Å². The molecule has 0 saturated carbocycles. The number of halogens is 2. The van der Waals surface area contributed by atoms with Crippen LogP contribution in [0.1, 0.15) is 32.6 Å². The van der Waals surface area contributed by atoms with Crippen LogP contribution in [0, 0.1) is 0 Å². The van der Waals surface area contributed by atoms with Gasteiger partial charge < -0.3 is 5.32 Å². The number of hydrogen-bond acceptors (Lipinski definition) is 1. The molecule has 0 heterocycles. The van der Waals surface area contributed by atoms with Gasteiger partial charge in [-0.1, -0.05) is 37.8 Å². The van der Waals surface area contributed by atoms with E-state index in [1.54, 1.807) is 0 Å². The fraction of sp³-hybridized carbons (Fsp3) is 0.500. The standard InChI is InChI=1S/C12H17BrClN/c1-2-3-4-5-8-15-10-6-7-11(13)12(14)9-10/h6-7,9,15H,2-5,8H2,1H3. The van der Waals surface area contributed by atoms with E-state index in [0.717, 1.165) is 21.7 Å². The van der Waals surface area contributed by atoms with Gasteiger partial charge in [0.1, 0.15) is 0 Å². The summed E-state index contributed by atoms with van der Waals surface area (Å²) in [6.07, 6.45) is 5.13. The second kappa shape index (κ2) is 7.13. The number of rotatable bonds is 6. The predicted octanol–water partition coefficient (Wildman–Crippen LogP) is 5.09. The van der Waals surface area contributed by atoms with Crippen LogP contribution in [-0.2, 0) is 0 Å². The first-order valence-electron chi connectivity index (χ1n) is 5.43. The molecule has 0 unspecified atom stereocenters. The lowest BCUT2D eigenvalue weighted by Crippen LogP contribution is -2.01. The molecule has 0 saturated heterocycles. The molecule has 1 nitrogen and oxygen atoms in total. The Hall–Kier alpha value is -0.210. The first-order chi connectivity index (χ1) is 7.24. The molecule has 0 radical (unpaired) electrons. The Morgan fingerprint density at radius 3 is 2.73 bits per heavy atom. The number of unbranched alkanes of at least 4 members (excludes halogenated alkanes) is 3. The van der Waals surface area contributed by atoms with Crippen molar-refractivity contribution >= 4 is 33.2 Å². The summed E-state index contributed by atoms with van der Waals surface area (Å²) in [7, 11) is 0. The first kappa shape index (κ1) is 12.9. The van der Waals surface area contributed by atoms with E-state index in [1.807, 2.05) is 18.2 Å². The fourth-order valence-electron chi connectivity index (χ4n) is 1.39. The van der Waals surface area contributed by atoms with Gasteiger partial charge in [0.2, 0.25) is 0 Å². The van der Waals surface area contributed by atoms with E-state index in [2.05, 4.69) is 28.2 Å². The molecule has 0 bridgehead atoms. The average molecular weight is 291 g/mol. The topological polar surface area (TPSA) is 12.0 Å². The van der Waals surface area contributed by atoms with Gasteiger partial charge in [-0.25, -0.2) is 0 Å². The van der Waals surface area contributed by atoms with E-state index in [-0.39, 0.29) is 0 Å². The van der Waals surface area contributed by atoms with Gasteiger partial charge in [0.05, 0.1) is 5.02 Å². The molecular weight excluding hydrogens is 273 g/mol. The Morgan fingerprint density at radius 1 is 1.27 bits per heavy atom. The Balaban J connectivity index is 2.28. The molecule has 15 heavy (non-hydrogen) atoms. The molecular formula is C12H17BrClN. The van der Waals surface area contributed by atoms with Gasteiger partial charge in [-0.05, 0) is 40.5 Å². The maximum absolute atomic E-state index is 5.99. The Morgan fingerprint density at radius 2 is 2.07 bits per heavy atom. The SMILES string of the molecule is CCCCCCNc1ccc(Br)c(Cl)c1. The Labute approximate surface area is 105 Å². The monoisotopic (exact) mass is 289 g/mol. The maximum Gasteiger partial charge on any atom is 0.0568 e. The van der Waals surface area contributed by atoms with Crippen LogP contribution in [0.25, 0.3) is 0 Å². The quantitative estimate of drug-likeness (QED) is 0.719. The van der Waals surface area contributed by atoms with Crippen molar-refractivity contribution in [3.05, 3.63) is 27.7 Å². The van der Waals surface area contributed by atoms with Gasteiger partial charge >= 0.3 is 0 Å².